The molecule has 1 amide bonds. The van der Waals surface area contributed by atoms with E-state index in [1.54, 1.807) is 27.3 Å². The number of rotatable bonds is 6. The Labute approximate surface area is 148 Å². The number of hydrogen-bond acceptors (Lipinski definition) is 5. The van der Waals surface area contributed by atoms with Gasteiger partial charge in [0.2, 0.25) is 0 Å². The summed E-state index contributed by atoms with van der Waals surface area (Å²) >= 11 is 0. The van der Waals surface area contributed by atoms with E-state index in [-0.39, 0.29) is 17.3 Å². The Morgan fingerprint density at radius 1 is 1.20 bits per heavy atom. The third kappa shape index (κ3) is 4.13. The second-order valence-corrected chi connectivity index (χ2v) is 6.17. The molecule has 0 aromatic heterocycles. The minimum Gasteiger partial charge on any atom is -0.493 e. The number of allylic oxidation sites excluding steroid dienone is 2. The normalized spacial score (nSPS) is 19.4. The van der Waals surface area contributed by atoms with Crippen molar-refractivity contribution in [3.8, 4) is 11.5 Å². The summed E-state index contributed by atoms with van der Waals surface area (Å²) in [6, 6.07) is 5.79. The molecule has 0 N–H and O–H groups in total. The largest absolute Gasteiger partial charge is 0.493 e. The minimum atomic E-state index is -0.377. The topological polar surface area (TPSA) is 65.1 Å². The lowest BCUT2D eigenvalue weighted by Crippen LogP contribution is -2.35. The summed E-state index contributed by atoms with van der Waals surface area (Å²) in [4.78, 5) is 24.9. The van der Waals surface area contributed by atoms with E-state index in [9.17, 15) is 9.59 Å². The summed E-state index contributed by atoms with van der Waals surface area (Å²) < 4.78 is 15.5. The van der Waals surface area contributed by atoms with Crippen LogP contribution in [0.25, 0.3) is 0 Å². The van der Waals surface area contributed by atoms with Gasteiger partial charge in [0.1, 0.15) is 0 Å². The number of carbonyl (C=O) groups excluding carboxylic acids is 2. The number of amides is 1. The first-order valence-corrected chi connectivity index (χ1v) is 8.19. The summed E-state index contributed by atoms with van der Waals surface area (Å²) in [6.45, 7) is 0.513. The van der Waals surface area contributed by atoms with Crippen LogP contribution in [0.1, 0.15) is 24.8 Å². The van der Waals surface area contributed by atoms with Crippen LogP contribution in [0.2, 0.25) is 0 Å². The zero-order chi connectivity index (χ0) is 18.4. The van der Waals surface area contributed by atoms with Crippen molar-refractivity contribution in [1.29, 1.82) is 0 Å². The van der Waals surface area contributed by atoms with Crippen LogP contribution in [0.4, 0.5) is 4.79 Å². The molecule has 6 heteroatoms. The van der Waals surface area contributed by atoms with Crippen molar-refractivity contribution >= 4 is 11.9 Å². The molecule has 0 heterocycles. The predicted octanol–water partition coefficient (Wildman–Crippen LogP) is 2.95. The monoisotopic (exact) mass is 347 g/mol. The number of ketones is 1. The number of carbonyl (C=O) groups is 2. The van der Waals surface area contributed by atoms with Gasteiger partial charge in [-0.15, -0.1) is 0 Å². The van der Waals surface area contributed by atoms with E-state index < -0.39 is 0 Å². The second-order valence-electron chi connectivity index (χ2n) is 6.17. The lowest BCUT2D eigenvalue weighted by molar-refractivity contribution is -0.115. The SMILES string of the molecule is COC(=O)N(C)CC[C@@]1(c2ccc(OC)c(OC)c2)C=CC(=O)CC1. The summed E-state index contributed by atoms with van der Waals surface area (Å²) in [6.07, 6.45) is 5.06. The van der Waals surface area contributed by atoms with Crippen molar-refractivity contribution in [1.82, 2.24) is 4.90 Å². The Kier molecular flexibility index (Phi) is 6.07. The maximum Gasteiger partial charge on any atom is 0.409 e. The maximum absolute atomic E-state index is 11.7. The first-order valence-electron chi connectivity index (χ1n) is 8.19. The first-order chi connectivity index (χ1) is 12.0. The Morgan fingerprint density at radius 3 is 2.48 bits per heavy atom. The van der Waals surface area contributed by atoms with Crippen LogP contribution in [0.15, 0.2) is 30.4 Å². The number of ether oxygens (including phenoxy) is 3. The van der Waals surface area contributed by atoms with E-state index in [4.69, 9.17) is 14.2 Å². The summed E-state index contributed by atoms with van der Waals surface area (Å²) in [5.41, 5.74) is 0.697. The molecular weight excluding hydrogens is 322 g/mol. The van der Waals surface area contributed by atoms with Crippen molar-refractivity contribution in [2.75, 3.05) is 34.9 Å². The third-order valence-electron chi connectivity index (χ3n) is 4.74. The summed E-state index contributed by atoms with van der Waals surface area (Å²) in [5.74, 6) is 1.42. The first kappa shape index (κ1) is 18.8. The molecule has 25 heavy (non-hydrogen) atoms. The van der Waals surface area contributed by atoms with Crippen molar-refractivity contribution in [3.05, 3.63) is 35.9 Å². The summed E-state index contributed by atoms with van der Waals surface area (Å²) in [7, 11) is 6.26. The predicted molar refractivity (Wildman–Crippen MR) is 94.3 cm³/mol. The van der Waals surface area contributed by atoms with Crippen molar-refractivity contribution in [2.24, 2.45) is 0 Å². The van der Waals surface area contributed by atoms with Gasteiger partial charge in [0.15, 0.2) is 17.3 Å². The minimum absolute atomic E-state index is 0.123. The fourth-order valence-corrected chi connectivity index (χ4v) is 3.12. The molecule has 1 atom stereocenters. The molecule has 0 saturated carbocycles. The molecular formula is C19H25NO5. The quantitative estimate of drug-likeness (QED) is 0.791. The van der Waals surface area contributed by atoms with Crippen molar-refractivity contribution in [3.63, 3.8) is 0 Å². The van der Waals surface area contributed by atoms with Crippen LogP contribution >= 0.6 is 0 Å². The average molecular weight is 347 g/mol. The zero-order valence-corrected chi connectivity index (χ0v) is 15.2. The van der Waals surface area contributed by atoms with E-state index in [0.717, 1.165) is 5.56 Å². The zero-order valence-electron chi connectivity index (χ0n) is 15.2. The van der Waals surface area contributed by atoms with Gasteiger partial charge in [-0.25, -0.2) is 4.79 Å². The van der Waals surface area contributed by atoms with Gasteiger partial charge in [-0.1, -0.05) is 12.1 Å². The van der Waals surface area contributed by atoms with Crippen molar-refractivity contribution < 1.29 is 23.8 Å². The Balaban J connectivity index is 2.34. The van der Waals surface area contributed by atoms with E-state index in [1.807, 2.05) is 24.3 Å². The molecule has 0 fully saturated rings. The van der Waals surface area contributed by atoms with Gasteiger partial charge >= 0.3 is 6.09 Å². The lowest BCUT2D eigenvalue weighted by atomic mass is 9.71. The Morgan fingerprint density at radius 2 is 1.92 bits per heavy atom. The maximum atomic E-state index is 11.7. The average Bonchev–Trinajstić information content (AvgIpc) is 2.66. The smallest absolute Gasteiger partial charge is 0.409 e. The standard InChI is InChI=1S/C19H25NO5/c1-20(18(22)25-4)12-11-19(9-7-15(21)8-10-19)14-5-6-16(23-2)17(13-14)24-3/h5-7,9,13H,8,10-12H2,1-4H3/t19-/m1/s1. The highest BCUT2D eigenvalue weighted by atomic mass is 16.5. The molecule has 1 aliphatic carbocycles. The number of benzene rings is 1. The molecule has 2 rings (SSSR count). The van der Waals surface area contributed by atoms with E-state index in [2.05, 4.69) is 0 Å². The second kappa shape index (κ2) is 8.05. The van der Waals surface area contributed by atoms with Crippen LogP contribution in [0, 0.1) is 0 Å². The van der Waals surface area contributed by atoms with Gasteiger partial charge in [-0.05, 0) is 36.6 Å². The highest BCUT2D eigenvalue weighted by Gasteiger charge is 2.34. The van der Waals surface area contributed by atoms with Crippen LogP contribution in [0.5, 0.6) is 11.5 Å². The number of methoxy groups -OCH3 is 3. The van der Waals surface area contributed by atoms with Gasteiger partial charge in [0.25, 0.3) is 0 Å². The van der Waals surface area contributed by atoms with Crippen LogP contribution in [0.3, 0.4) is 0 Å². The molecule has 136 valence electrons. The molecule has 0 spiro atoms. The van der Waals surface area contributed by atoms with Gasteiger partial charge in [-0.2, -0.15) is 0 Å². The number of nitrogens with zero attached hydrogens (tertiary/aromatic N) is 1. The highest BCUT2D eigenvalue weighted by molar-refractivity contribution is 5.91. The molecule has 1 aliphatic rings. The van der Waals surface area contributed by atoms with Gasteiger partial charge < -0.3 is 19.1 Å². The fraction of sp³-hybridized carbons (Fsp3) is 0.474. The Hall–Kier alpha value is -2.50. The molecule has 0 saturated heterocycles. The number of hydrogen-bond donors (Lipinski definition) is 0. The van der Waals surface area contributed by atoms with Crippen molar-refractivity contribution in [2.45, 2.75) is 24.7 Å². The molecule has 6 nitrogen and oxygen atoms in total. The lowest BCUT2D eigenvalue weighted by Gasteiger charge is -2.35. The fourth-order valence-electron chi connectivity index (χ4n) is 3.12. The van der Waals surface area contributed by atoms with E-state index in [0.29, 0.717) is 37.3 Å². The molecule has 0 unspecified atom stereocenters. The molecule has 0 bridgehead atoms. The van der Waals surface area contributed by atoms with Crippen LogP contribution < -0.4 is 9.47 Å². The van der Waals surface area contributed by atoms with Crippen LogP contribution in [-0.2, 0) is 14.9 Å². The molecule has 0 aliphatic heterocycles. The van der Waals surface area contributed by atoms with Gasteiger partial charge in [-0.3, -0.25) is 4.79 Å². The van der Waals surface area contributed by atoms with E-state index >= 15 is 0 Å². The molecule has 0 radical (unpaired) electrons. The highest BCUT2D eigenvalue weighted by Crippen LogP contribution is 2.41. The third-order valence-corrected chi connectivity index (χ3v) is 4.74. The van der Waals surface area contributed by atoms with Gasteiger partial charge in [0.05, 0.1) is 21.3 Å². The Bertz CT molecular complexity index is 670. The molecule has 1 aromatic rings. The van der Waals surface area contributed by atoms with Crippen LogP contribution in [-0.4, -0.2) is 51.7 Å². The van der Waals surface area contributed by atoms with Gasteiger partial charge in [0, 0.05) is 25.4 Å². The molecule has 1 aromatic carbocycles. The summed E-state index contributed by atoms with van der Waals surface area (Å²) in [5, 5.41) is 0. The van der Waals surface area contributed by atoms with E-state index in [1.165, 1.54) is 12.0 Å².